The summed E-state index contributed by atoms with van der Waals surface area (Å²) < 4.78 is 7.18. The van der Waals surface area contributed by atoms with Crippen molar-refractivity contribution >= 4 is 33.4 Å². The summed E-state index contributed by atoms with van der Waals surface area (Å²) in [6, 6.07) is 24.3. The molecular formula is C29H26N4O3. The van der Waals surface area contributed by atoms with Crippen molar-refractivity contribution in [2.75, 3.05) is 7.11 Å². The molecule has 5 rings (SSSR count). The number of aromatic hydroxyl groups is 1. The fourth-order valence-corrected chi connectivity index (χ4v) is 4.34. The first-order valence-electron chi connectivity index (χ1n) is 11.8. The predicted molar refractivity (Wildman–Crippen MR) is 141 cm³/mol. The van der Waals surface area contributed by atoms with Gasteiger partial charge in [-0.3, -0.25) is 4.79 Å². The van der Waals surface area contributed by atoms with Crippen LogP contribution in [0.5, 0.6) is 11.6 Å². The van der Waals surface area contributed by atoms with E-state index in [9.17, 15) is 9.90 Å². The maximum Gasteiger partial charge on any atom is 0.296 e. The molecule has 0 radical (unpaired) electrons. The SMILES string of the molecule is COc1ccc2nc(-c3ccccc3)cc(C(=O)N=Nc3c(O)n(CC(C)C)c4ccccc34)c2c1. The van der Waals surface area contributed by atoms with Crippen LogP contribution in [0.4, 0.5) is 5.69 Å². The standard InChI is InChI=1S/C29H26N4O3/c1-18(2)17-33-26-12-8-7-11-21(26)27(29(33)35)31-32-28(34)23-16-25(19-9-5-4-6-10-19)30-24-14-13-20(36-3)15-22(23)24/h4-16,18,35H,17H2,1-3H3. The Balaban J connectivity index is 1.62. The van der Waals surface area contributed by atoms with Crippen molar-refractivity contribution in [3.63, 3.8) is 0 Å². The molecule has 5 aromatic rings. The molecule has 0 saturated heterocycles. The molecule has 0 saturated carbocycles. The third-order valence-corrected chi connectivity index (χ3v) is 6.02. The number of fused-ring (bicyclic) bond motifs is 2. The van der Waals surface area contributed by atoms with Gasteiger partial charge in [0.05, 0.1) is 29.4 Å². The molecule has 2 aromatic heterocycles. The third-order valence-electron chi connectivity index (χ3n) is 6.02. The number of carbonyl (C=O) groups excluding carboxylic acids is 1. The smallest absolute Gasteiger partial charge is 0.296 e. The van der Waals surface area contributed by atoms with Gasteiger partial charge in [0.2, 0.25) is 5.88 Å². The number of nitrogens with zero attached hydrogens (tertiary/aromatic N) is 4. The molecule has 7 nitrogen and oxygen atoms in total. The number of carbonyl (C=O) groups is 1. The highest BCUT2D eigenvalue weighted by Crippen LogP contribution is 2.39. The molecular weight excluding hydrogens is 452 g/mol. The summed E-state index contributed by atoms with van der Waals surface area (Å²) in [6.45, 7) is 4.77. The van der Waals surface area contributed by atoms with Gasteiger partial charge in [0.1, 0.15) is 5.75 Å². The molecule has 0 aliphatic carbocycles. The van der Waals surface area contributed by atoms with Crippen molar-refractivity contribution in [3.8, 4) is 22.9 Å². The van der Waals surface area contributed by atoms with Crippen LogP contribution in [0.1, 0.15) is 24.2 Å². The molecule has 1 N–H and O–H groups in total. The van der Waals surface area contributed by atoms with Gasteiger partial charge in [-0.1, -0.05) is 62.4 Å². The Bertz CT molecular complexity index is 1600. The second kappa shape index (κ2) is 9.62. The van der Waals surface area contributed by atoms with Crippen molar-refractivity contribution in [2.45, 2.75) is 20.4 Å². The molecule has 0 aliphatic heterocycles. The Morgan fingerprint density at radius 3 is 2.50 bits per heavy atom. The molecule has 0 aliphatic rings. The van der Waals surface area contributed by atoms with Crippen molar-refractivity contribution in [1.29, 1.82) is 0 Å². The van der Waals surface area contributed by atoms with Gasteiger partial charge in [-0.25, -0.2) is 4.98 Å². The van der Waals surface area contributed by atoms with E-state index in [2.05, 4.69) is 24.1 Å². The normalized spacial score (nSPS) is 11.7. The Kier molecular flexibility index (Phi) is 6.21. The molecule has 0 fully saturated rings. The van der Waals surface area contributed by atoms with Crippen LogP contribution in [0.3, 0.4) is 0 Å². The monoisotopic (exact) mass is 478 g/mol. The van der Waals surface area contributed by atoms with Gasteiger partial charge >= 0.3 is 0 Å². The van der Waals surface area contributed by atoms with E-state index in [4.69, 9.17) is 9.72 Å². The number of hydrogen-bond donors (Lipinski definition) is 1. The van der Waals surface area contributed by atoms with Gasteiger partial charge in [0, 0.05) is 22.9 Å². The van der Waals surface area contributed by atoms with Gasteiger partial charge in [0.15, 0.2) is 5.69 Å². The average Bonchev–Trinajstić information content (AvgIpc) is 3.16. The van der Waals surface area contributed by atoms with Crippen LogP contribution in [0.25, 0.3) is 33.1 Å². The van der Waals surface area contributed by atoms with Crippen LogP contribution in [0.15, 0.2) is 89.1 Å². The van der Waals surface area contributed by atoms with Gasteiger partial charge < -0.3 is 14.4 Å². The van der Waals surface area contributed by atoms with Crippen molar-refractivity contribution in [1.82, 2.24) is 9.55 Å². The molecule has 2 heterocycles. The zero-order valence-corrected chi connectivity index (χ0v) is 20.3. The fourth-order valence-electron chi connectivity index (χ4n) is 4.34. The van der Waals surface area contributed by atoms with Crippen LogP contribution in [-0.4, -0.2) is 27.7 Å². The van der Waals surface area contributed by atoms with Gasteiger partial charge in [-0.2, -0.15) is 0 Å². The van der Waals surface area contributed by atoms with E-state index in [0.29, 0.717) is 40.4 Å². The largest absolute Gasteiger partial charge is 0.497 e. The number of benzene rings is 3. The number of methoxy groups -OCH3 is 1. The van der Waals surface area contributed by atoms with E-state index >= 15 is 0 Å². The van der Waals surface area contributed by atoms with Crippen molar-refractivity contribution < 1.29 is 14.6 Å². The highest BCUT2D eigenvalue weighted by Gasteiger charge is 2.19. The van der Waals surface area contributed by atoms with E-state index in [1.807, 2.05) is 66.7 Å². The van der Waals surface area contributed by atoms with Crippen LogP contribution in [0.2, 0.25) is 0 Å². The Morgan fingerprint density at radius 2 is 1.75 bits per heavy atom. The Hall–Kier alpha value is -4.52. The summed E-state index contributed by atoms with van der Waals surface area (Å²) in [5.41, 5.74) is 3.66. The third kappa shape index (κ3) is 4.31. The second-order valence-electron chi connectivity index (χ2n) is 9.00. The van der Waals surface area contributed by atoms with Crippen molar-refractivity contribution in [3.05, 3.63) is 84.4 Å². The van der Waals surface area contributed by atoms with Gasteiger partial charge in [-0.05, 0) is 36.2 Å². The molecule has 3 aromatic carbocycles. The first-order valence-corrected chi connectivity index (χ1v) is 11.8. The molecule has 36 heavy (non-hydrogen) atoms. The highest BCUT2D eigenvalue weighted by molar-refractivity contribution is 6.08. The zero-order chi connectivity index (χ0) is 25.2. The minimum Gasteiger partial charge on any atom is -0.497 e. The van der Waals surface area contributed by atoms with Gasteiger partial charge in [-0.15, -0.1) is 10.2 Å². The number of pyridine rings is 1. The lowest BCUT2D eigenvalue weighted by Crippen LogP contribution is -2.03. The van der Waals surface area contributed by atoms with E-state index < -0.39 is 5.91 Å². The minimum atomic E-state index is -0.534. The van der Waals surface area contributed by atoms with E-state index in [1.54, 1.807) is 23.8 Å². The molecule has 0 unspecified atom stereocenters. The summed E-state index contributed by atoms with van der Waals surface area (Å²) in [7, 11) is 1.57. The molecule has 0 atom stereocenters. The zero-order valence-electron chi connectivity index (χ0n) is 20.3. The average molecular weight is 479 g/mol. The topological polar surface area (TPSA) is 89.1 Å². The van der Waals surface area contributed by atoms with E-state index in [-0.39, 0.29) is 11.6 Å². The number of azo groups is 1. The Morgan fingerprint density at radius 1 is 1.00 bits per heavy atom. The lowest BCUT2D eigenvalue weighted by atomic mass is 10.0. The summed E-state index contributed by atoms with van der Waals surface area (Å²) in [5.74, 6) is 0.380. The second-order valence-corrected chi connectivity index (χ2v) is 9.00. The summed E-state index contributed by atoms with van der Waals surface area (Å²) in [5, 5.41) is 20.6. The van der Waals surface area contributed by atoms with Crippen LogP contribution < -0.4 is 4.74 Å². The predicted octanol–water partition coefficient (Wildman–Crippen LogP) is 7.15. The quantitative estimate of drug-likeness (QED) is 0.262. The number of ether oxygens (including phenoxy) is 1. The number of aromatic nitrogens is 2. The van der Waals surface area contributed by atoms with E-state index in [0.717, 1.165) is 16.5 Å². The number of para-hydroxylation sites is 1. The summed E-state index contributed by atoms with van der Waals surface area (Å²) in [6.07, 6.45) is 0. The number of amides is 1. The molecule has 0 bridgehead atoms. The van der Waals surface area contributed by atoms with Crippen LogP contribution in [-0.2, 0) is 6.54 Å². The summed E-state index contributed by atoms with van der Waals surface area (Å²) >= 11 is 0. The van der Waals surface area contributed by atoms with E-state index in [1.165, 1.54) is 0 Å². The number of hydrogen-bond acceptors (Lipinski definition) is 5. The highest BCUT2D eigenvalue weighted by atomic mass is 16.5. The van der Waals surface area contributed by atoms with Crippen LogP contribution >= 0.6 is 0 Å². The lowest BCUT2D eigenvalue weighted by molar-refractivity contribution is 0.0996. The molecule has 180 valence electrons. The van der Waals surface area contributed by atoms with Crippen LogP contribution in [0, 0.1) is 5.92 Å². The summed E-state index contributed by atoms with van der Waals surface area (Å²) in [4.78, 5) is 18.2. The maximum absolute atomic E-state index is 13.4. The number of rotatable bonds is 6. The van der Waals surface area contributed by atoms with Gasteiger partial charge in [0.25, 0.3) is 5.91 Å². The lowest BCUT2D eigenvalue weighted by Gasteiger charge is -2.09. The molecule has 0 spiro atoms. The van der Waals surface area contributed by atoms with Crippen molar-refractivity contribution in [2.24, 2.45) is 16.1 Å². The maximum atomic E-state index is 13.4. The first-order chi connectivity index (χ1) is 17.5. The molecule has 1 amide bonds. The Labute approximate surface area is 208 Å². The minimum absolute atomic E-state index is 0.00678. The first kappa shape index (κ1) is 23.2. The fraction of sp³-hybridized carbons (Fsp3) is 0.172. The molecule has 7 heteroatoms.